The van der Waals surface area contributed by atoms with Crippen LogP contribution in [0.2, 0.25) is 0 Å². The quantitative estimate of drug-likeness (QED) is 0.851. The predicted molar refractivity (Wildman–Crippen MR) is 48.9 cm³/mol. The smallest absolute Gasteiger partial charge is 0.435 e. The second kappa shape index (κ2) is 3.50. The molecule has 1 aromatic heterocycles. The van der Waals surface area contributed by atoms with Gasteiger partial charge in [-0.3, -0.25) is 9.48 Å². The van der Waals surface area contributed by atoms with Crippen molar-refractivity contribution >= 4 is 5.97 Å². The van der Waals surface area contributed by atoms with Crippen LogP contribution < -0.4 is 0 Å². The van der Waals surface area contributed by atoms with Crippen LogP contribution in [0.15, 0.2) is 6.07 Å². The van der Waals surface area contributed by atoms with Crippen molar-refractivity contribution < 1.29 is 23.1 Å². The molecule has 0 aliphatic heterocycles. The number of hydrogen-bond donors (Lipinski definition) is 1. The van der Waals surface area contributed by atoms with E-state index >= 15 is 0 Å². The Balaban J connectivity index is 3.28. The molecule has 1 rings (SSSR count). The fraction of sp³-hybridized carbons (Fsp3) is 0.556. The van der Waals surface area contributed by atoms with Gasteiger partial charge in [-0.1, -0.05) is 0 Å². The van der Waals surface area contributed by atoms with Crippen molar-refractivity contribution in [3.05, 3.63) is 17.5 Å². The summed E-state index contributed by atoms with van der Waals surface area (Å²) < 4.78 is 38.0. The molecule has 0 saturated heterocycles. The third kappa shape index (κ3) is 2.02. The number of aryl methyl sites for hydroxylation is 1. The molecule has 0 atom stereocenters. The Morgan fingerprint density at radius 2 is 1.94 bits per heavy atom. The number of rotatable bonds is 2. The molecule has 16 heavy (non-hydrogen) atoms. The zero-order valence-corrected chi connectivity index (χ0v) is 8.96. The Kier molecular flexibility index (Phi) is 2.74. The van der Waals surface area contributed by atoms with Crippen LogP contribution in [0.4, 0.5) is 13.2 Å². The number of carboxylic acids is 1. The van der Waals surface area contributed by atoms with E-state index in [1.807, 2.05) is 0 Å². The molecule has 0 amide bonds. The fourth-order valence-corrected chi connectivity index (χ4v) is 1.30. The van der Waals surface area contributed by atoms with Gasteiger partial charge in [0, 0.05) is 7.05 Å². The Morgan fingerprint density at radius 3 is 2.25 bits per heavy atom. The maximum Gasteiger partial charge on any atom is 0.435 e. The van der Waals surface area contributed by atoms with Crippen LogP contribution in [0.5, 0.6) is 0 Å². The topological polar surface area (TPSA) is 55.1 Å². The van der Waals surface area contributed by atoms with Gasteiger partial charge >= 0.3 is 12.1 Å². The molecule has 90 valence electrons. The molecule has 7 heteroatoms. The van der Waals surface area contributed by atoms with E-state index in [0.29, 0.717) is 0 Å². The van der Waals surface area contributed by atoms with Gasteiger partial charge in [-0.2, -0.15) is 18.3 Å². The summed E-state index contributed by atoms with van der Waals surface area (Å²) in [6, 6.07) is 0.758. The lowest BCUT2D eigenvalue weighted by molar-refractivity contribution is -0.143. The third-order valence-electron chi connectivity index (χ3n) is 2.35. The molecule has 1 heterocycles. The monoisotopic (exact) mass is 236 g/mol. The normalized spacial score (nSPS) is 12.9. The average Bonchev–Trinajstić information content (AvgIpc) is 2.46. The third-order valence-corrected chi connectivity index (χ3v) is 2.35. The van der Waals surface area contributed by atoms with Crippen LogP contribution in [0.1, 0.15) is 25.2 Å². The molecule has 0 fully saturated rings. The van der Waals surface area contributed by atoms with E-state index in [1.165, 1.54) is 20.9 Å². The van der Waals surface area contributed by atoms with Gasteiger partial charge in [-0.25, -0.2) is 0 Å². The molecule has 1 aromatic rings. The molecule has 0 aromatic carbocycles. The van der Waals surface area contributed by atoms with Gasteiger partial charge in [0.15, 0.2) is 5.69 Å². The maximum absolute atomic E-state index is 12.3. The minimum Gasteiger partial charge on any atom is -0.481 e. The van der Waals surface area contributed by atoms with Gasteiger partial charge in [0.1, 0.15) is 5.41 Å². The predicted octanol–water partition coefficient (Wildman–Crippen LogP) is 1.80. The Morgan fingerprint density at radius 1 is 1.44 bits per heavy atom. The lowest BCUT2D eigenvalue weighted by Crippen LogP contribution is -2.30. The van der Waals surface area contributed by atoms with E-state index in [1.54, 1.807) is 0 Å². The summed E-state index contributed by atoms with van der Waals surface area (Å²) in [5, 5.41) is 12.2. The lowest BCUT2D eigenvalue weighted by atomic mass is 9.89. The van der Waals surface area contributed by atoms with Crippen molar-refractivity contribution in [2.75, 3.05) is 0 Å². The molecular weight excluding hydrogens is 225 g/mol. The molecule has 0 aliphatic rings. The van der Waals surface area contributed by atoms with Gasteiger partial charge in [0.05, 0.1) is 5.69 Å². The van der Waals surface area contributed by atoms with Gasteiger partial charge in [0.2, 0.25) is 0 Å². The number of alkyl halides is 3. The largest absolute Gasteiger partial charge is 0.481 e. The molecule has 0 spiro atoms. The van der Waals surface area contributed by atoms with Crippen LogP contribution in [0.3, 0.4) is 0 Å². The minimum atomic E-state index is -4.56. The summed E-state index contributed by atoms with van der Waals surface area (Å²) in [4.78, 5) is 10.9. The summed E-state index contributed by atoms with van der Waals surface area (Å²) >= 11 is 0. The van der Waals surface area contributed by atoms with E-state index in [2.05, 4.69) is 5.10 Å². The number of aliphatic carboxylic acids is 1. The summed E-state index contributed by atoms with van der Waals surface area (Å²) in [5.74, 6) is -1.20. The number of halogens is 3. The Bertz CT molecular complexity index is 421. The summed E-state index contributed by atoms with van der Waals surface area (Å²) in [6.45, 7) is 2.65. The summed E-state index contributed by atoms with van der Waals surface area (Å²) in [7, 11) is 1.29. The molecule has 0 aliphatic carbocycles. The minimum absolute atomic E-state index is 0.00678. The summed E-state index contributed by atoms with van der Waals surface area (Å²) in [6.07, 6.45) is -4.56. The van der Waals surface area contributed by atoms with Crippen LogP contribution in [0, 0.1) is 0 Å². The highest BCUT2D eigenvalue weighted by molar-refractivity contribution is 5.79. The molecule has 0 unspecified atom stereocenters. The first kappa shape index (κ1) is 12.5. The SMILES string of the molecule is Cn1nc(C(F)(F)F)cc1C(C)(C)C(=O)O. The lowest BCUT2D eigenvalue weighted by Gasteiger charge is -2.18. The van der Waals surface area contributed by atoms with Crippen molar-refractivity contribution in [3.63, 3.8) is 0 Å². The van der Waals surface area contributed by atoms with E-state index in [9.17, 15) is 18.0 Å². The van der Waals surface area contributed by atoms with Crippen molar-refractivity contribution in [1.29, 1.82) is 0 Å². The maximum atomic E-state index is 12.3. The highest BCUT2D eigenvalue weighted by Gasteiger charge is 2.39. The van der Waals surface area contributed by atoms with Crippen molar-refractivity contribution in [2.45, 2.75) is 25.4 Å². The first-order chi connectivity index (χ1) is 7.06. The van der Waals surface area contributed by atoms with Crippen LogP contribution >= 0.6 is 0 Å². The van der Waals surface area contributed by atoms with Gasteiger partial charge in [-0.05, 0) is 19.9 Å². The van der Waals surface area contributed by atoms with Crippen molar-refractivity contribution in [1.82, 2.24) is 9.78 Å². The molecule has 0 radical (unpaired) electrons. The zero-order valence-electron chi connectivity index (χ0n) is 8.96. The van der Waals surface area contributed by atoms with Crippen LogP contribution in [-0.4, -0.2) is 20.9 Å². The van der Waals surface area contributed by atoms with E-state index in [-0.39, 0.29) is 5.69 Å². The number of hydrogen-bond acceptors (Lipinski definition) is 2. The fourth-order valence-electron chi connectivity index (χ4n) is 1.30. The van der Waals surface area contributed by atoms with E-state index in [4.69, 9.17) is 5.11 Å². The van der Waals surface area contributed by atoms with Crippen molar-refractivity contribution in [2.24, 2.45) is 7.05 Å². The second-order valence-electron chi connectivity index (χ2n) is 3.97. The van der Waals surface area contributed by atoms with E-state index in [0.717, 1.165) is 10.7 Å². The van der Waals surface area contributed by atoms with Crippen molar-refractivity contribution in [3.8, 4) is 0 Å². The standard InChI is InChI=1S/C9H11F3N2O2/c1-8(2,7(15)16)6-4-5(9(10,11)12)13-14(6)3/h4H,1-3H3,(H,15,16). The molecule has 1 N–H and O–H groups in total. The van der Waals surface area contributed by atoms with Crippen LogP contribution in [0.25, 0.3) is 0 Å². The number of carbonyl (C=O) groups is 1. The molecule has 4 nitrogen and oxygen atoms in total. The zero-order chi connectivity index (χ0) is 12.7. The highest BCUT2D eigenvalue weighted by Crippen LogP contribution is 2.32. The molecular formula is C9H11F3N2O2. The van der Waals surface area contributed by atoms with Gasteiger partial charge in [-0.15, -0.1) is 0 Å². The first-order valence-corrected chi connectivity index (χ1v) is 4.42. The summed E-state index contributed by atoms with van der Waals surface area (Å²) in [5.41, 5.74) is -2.49. The Labute approximate surface area is 89.7 Å². The second-order valence-corrected chi connectivity index (χ2v) is 3.97. The average molecular weight is 236 g/mol. The highest BCUT2D eigenvalue weighted by atomic mass is 19.4. The molecule has 0 bridgehead atoms. The van der Waals surface area contributed by atoms with E-state index < -0.39 is 23.3 Å². The number of nitrogens with zero attached hydrogens (tertiary/aromatic N) is 2. The number of carboxylic acid groups (broad SMARTS) is 1. The molecule has 0 saturated carbocycles. The van der Waals surface area contributed by atoms with Gasteiger partial charge < -0.3 is 5.11 Å². The van der Waals surface area contributed by atoms with Gasteiger partial charge in [0.25, 0.3) is 0 Å². The first-order valence-electron chi connectivity index (χ1n) is 4.42. The Hall–Kier alpha value is -1.53. The number of aromatic nitrogens is 2. The van der Waals surface area contributed by atoms with Crippen LogP contribution in [-0.2, 0) is 23.4 Å².